The van der Waals surface area contributed by atoms with Gasteiger partial charge < -0.3 is 4.57 Å². The van der Waals surface area contributed by atoms with Crippen molar-refractivity contribution >= 4 is 39.3 Å². The number of nitrogens with zero attached hydrogens (tertiary/aromatic N) is 3. The molecule has 3 heteroatoms. The van der Waals surface area contributed by atoms with Crippen LogP contribution in [0.5, 0.6) is 0 Å². The Hall–Kier alpha value is -7.10. The van der Waals surface area contributed by atoms with Crippen molar-refractivity contribution in [2.45, 2.75) is 57.4 Å². The zero-order valence-electron chi connectivity index (χ0n) is 34.9. The van der Waals surface area contributed by atoms with Gasteiger partial charge in [-0.1, -0.05) is 152 Å². The molecule has 2 heterocycles. The number of fused-ring (bicyclic) bond motifs is 7. The molecule has 0 bridgehead atoms. The highest BCUT2D eigenvalue weighted by atomic mass is 15.0. The Morgan fingerprint density at radius 3 is 2.16 bits per heavy atom. The molecule has 0 saturated heterocycles. The van der Waals surface area contributed by atoms with Gasteiger partial charge in [-0.2, -0.15) is 0 Å². The van der Waals surface area contributed by atoms with E-state index in [1.165, 1.54) is 83.0 Å². The fourth-order valence-electron chi connectivity index (χ4n) is 10.7. The highest BCUT2D eigenvalue weighted by molar-refractivity contribution is 6.22. The summed E-state index contributed by atoms with van der Waals surface area (Å²) in [7, 11) is 0. The van der Waals surface area contributed by atoms with Crippen LogP contribution in [0.3, 0.4) is 0 Å². The van der Waals surface area contributed by atoms with Gasteiger partial charge in [0.15, 0.2) is 5.84 Å². The summed E-state index contributed by atoms with van der Waals surface area (Å²) in [5, 5.41) is 3.87. The summed E-state index contributed by atoms with van der Waals surface area (Å²) < 4.78 is 2.49. The number of allylic oxidation sites excluding steroid dienone is 6. The molecule has 3 nitrogen and oxygen atoms in total. The number of rotatable bonds is 6. The first-order valence-corrected chi connectivity index (χ1v) is 22.4. The number of hydrogen-bond donors (Lipinski definition) is 0. The van der Waals surface area contributed by atoms with Gasteiger partial charge in [-0.05, 0) is 142 Å². The van der Waals surface area contributed by atoms with Crippen LogP contribution in [0.15, 0.2) is 197 Å². The second-order valence-electron chi connectivity index (χ2n) is 17.3. The minimum Gasteiger partial charge on any atom is -0.313 e. The van der Waals surface area contributed by atoms with E-state index in [0.717, 1.165) is 85.3 Å². The first kappa shape index (κ1) is 36.7. The molecule has 0 spiro atoms. The quantitative estimate of drug-likeness (QED) is 0.160. The third kappa shape index (κ3) is 6.10. The van der Waals surface area contributed by atoms with Gasteiger partial charge in [-0.15, -0.1) is 0 Å². The molecule has 0 fully saturated rings. The maximum Gasteiger partial charge on any atom is 0.155 e. The molecule has 0 radical (unpaired) electrons. The molecule has 1 aliphatic heterocycles. The lowest BCUT2D eigenvalue weighted by atomic mass is 9.81. The largest absolute Gasteiger partial charge is 0.313 e. The fraction of sp³-hybridized carbons (Fsp3) is 0.153. The third-order valence-electron chi connectivity index (χ3n) is 13.7. The third-order valence-corrected chi connectivity index (χ3v) is 13.7. The normalized spacial score (nSPS) is 17.9. The molecule has 1 unspecified atom stereocenters. The molecule has 12 rings (SSSR count). The predicted molar refractivity (Wildman–Crippen MR) is 262 cm³/mol. The van der Waals surface area contributed by atoms with Gasteiger partial charge in [0.2, 0.25) is 0 Å². The van der Waals surface area contributed by atoms with Gasteiger partial charge in [0.1, 0.15) is 6.04 Å². The van der Waals surface area contributed by atoms with Crippen LogP contribution in [0.4, 0.5) is 0 Å². The molecule has 62 heavy (non-hydrogen) atoms. The molecule has 0 N–H and O–H groups in total. The number of aromatic nitrogens is 1. The lowest BCUT2D eigenvalue weighted by molar-refractivity contribution is 0.816. The lowest BCUT2D eigenvalue weighted by Gasteiger charge is -2.27. The van der Waals surface area contributed by atoms with Gasteiger partial charge in [-0.3, -0.25) is 4.99 Å². The summed E-state index contributed by atoms with van der Waals surface area (Å²) >= 11 is 0. The predicted octanol–water partition coefficient (Wildman–Crippen LogP) is 14.5. The zero-order valence-corrected chi connectivity index (χ0v) is 34.9. The average molecular weight is 798 g/mol. The summed E-state index contributed by atoms with van der Waals surface area (Å²) in [5.74, 6) is 0.813. The van der Waals surface area contributed by atoms with E-state index in [0.29, 0.717) is 0 Å². The Morgan fingerprint density at radius 1 is 0.581 bits per heavy atom. The molecule has 5 aliphatic rings. The van der Waals surface area contributed by atoms with Crippen LogP contribution in [0.2, 0.25) is 0 Å². The number of hydrogen-bond acceptors (Lipinski definition) is 2. The molecule has 0 amide bonds. The van der Waals surface area contributed by atoms with Crippen molar-refractivity contribution in [2.75, 3.05) is 0 Å². The van der Waals surface area contributed by atoms with E-state index >= 15 is 0 Å². The number of amidine groups is 1. The summed E-state index contributed by atoms with van der Waals surface area (Å²) in [6, 6.07) is 45.5. The minimum atomic E-state index is -0.102. The van der Waals surface area contributed by atoms with E-state index in [9.17, 15) is 0 Å². The lowest BCUT2D eigenvalue weighted by Crippen LogP contribution is -2.27. The molecule has 0 saturated carbocycles. The smallest absolute Gasteiger partial charge is 0.155 e. The van der Waals surface area contributed by atoms with E-state index < -0.39 is 0 Å². The minimum absolute atomic E-state index is 0.102. The van der Waals surface area contributed by atoms with Crippen molar-refractivity contribution in [1.29, 1.82) is 0 Å². The van der Waals surface area contributed by atoms with E-state index in [4.69, 9.17) is 9.98 Å². The van der Waals surface area contributed by atoms with Gasteiger partial charge in [0, 0.05) is 33.5 Å². The van der Waals surface area contributed by atoms with E-state index in [-0.39, 0.29) is 6.04 Å². The SMILES string of the molecule is C=C1C(c2ccc(-n3c4c(c5cc(-c6cccc7c(-c8cccc9c8CCc8ccccc8-9)cccc67)ccc53)C=CCC4)cc2)=NC(C2=CCCC=C2)=NC1C1=CC=CCC1. The molecular weight excluding hydrogens is 751 g/mol. The van der Waals surface area contributed by atoms with Crippen molar-refractivity contribution in [1.82, 2.24) is 4.57 Å². The Morgan fingerprint density at radius 2 is 1.32 bits per heavy atom. The van der Waals surface area contributed by atoms with Crippen LogP contribution in [-0.4, -0.2) is 22.2 Å². The Labute approximate surface area is 363 Å². The number of benzene rings is 6. The highest BCUT2D eigenvalue weighted by Crippen LogP contribution is 2.43. The van der Waals surface area contributed by atoms with Crippen LogP contribution in [-0.2, 0) is 19.3 Å². The van der Waals surface area contributed by atoms with Crippen molar-refractivity contribution in [3.63, 3.8) is 0 Å². The first-order valence-electron chi connectivity index (χ1n) is 22.4. The molecule has 1 aromatic heterocycles. The van der Waals surface area contributed by atoms with Crippen LogP contribution in [0.1, 0.15) is 60.1 Å². The van der Waals surface area contributed by atoms with Crippen LogP contribution in [0.25, 0.3) is 66.8 Å². The number of aryl methyl sites for hydroxylation is 1. The van der Waals surface area contributed by atoms with Crippen molar-refractivity contribution in [3.05, 3.63) is 215 Å². The maximum atomic E-state index is 5.21. The summed E-state index contributed by atoms with van der Waals surface area (Å²) in [6.45, 7) is 4.62. The molecule has 298 valence electrons. The maximum absolute atomic E-state index is 5.21. The fourth-order valence-corrected chi connectivity index (χ4v) is 10.7. The second kappa shape index (κ2) is 15.1. The zero-order chi connectivity index (χ0) is 41.1. The first-order chi connectivity index (χ1) is 30.7. The average Bonchev–Trinajstić information content (AvgIpc) is 3.67. The van der Waals surface area contributed by atoms with Gasteiger partial charge in [-0.25, -0.2) is 4.99 Å². The molecule has 7 aromatic rings. The summed E-state index contributed by atoms with van der Waals surface area (Å²) in [5.41, 5.74) is 21.3. The second-order valence-corrected chi connectivity index (χ2v) is 17.3. The van der Waals surface area contributed by atoms with Crippen LogP contribution < -0.4 is 0 Å². The monoisotopic (exact) mass is 797 g/mol. The molecule has 4 aliphatic carbocycles. The summed E-state index contributed by atoms with van der Waals surface area (Å²) in [6.07, 6.45) is 26.3. The van der Waals surface area contributed by atoms with Crippen molar-refractivity contribution < 1.29 is 0 Å². The van der Waals surface area contributed by atoms with Crippen LogP contribution in [0, 0.1) is 0 Å². The van der Waals surface area contributed by atoms with E-state index in [1.807, 2.05) is 0 Å². The Kier molecular flexibility index (Phi) is 8.95. The van der Waals surface area contributed by atoms with Crippen molar-refractivity contribution in [3.8, 4) is 39.1 Å². The van der Waals surface area contributed by atoms with Crippen LogP contribution >= 0.6 is 0 Å². The highest BCUT2D eigenvalue weighted by Gasteiger charge is 2.29. The Balaban J connectivity index is 0.924. The van der Waals surface area contributed by atoms with Gasteiger partial charge >= 0.3 is 0 Å². The van der Waals surface area contributed by atoms with Gasteiger partial charge in [0.25, 0.3) is 0 Å². The number of aliphatic imine (C=N–C) groups is 2. The molecule has 1 atom stereocenters. The summed E-state index contributed by atoms with van der Waals surface area (Å²) in [4.78, 5) is 10.4. The van der Waals surface area contributed by atoms with E-state index in [1.54, 1.807) is 0 Å². The van der Waals surface area contributed by atoms with Crippen molar-refractivity contribution in [2.24, 2.45) is 9.98 Å². The van der Waals surface area contributed by atoms with Gasteiger partial charge in [0.05, 0.1) is 11.2 Å². The van der Waals surface area contributed by atoms with E-state index in [2.05, 4.69) is 181 Å². The Bertz CT molecular complexity index is 3240. The standard InChI is InChI=1S/C59H47N3/c1-38-57(40-16-4-2-5-17-40)60-59(42-18-6-3-7-19-42)61-58(38)41-29-33-44(34-30-41)62-55-28-11-10-21-53(55)54-37-43(32-36-56(54)62)46-22-12-25-49-48(46)24-14-26-50(49)51-27-13-23-47-45-20-9-8-15-39(45)31-35-52(47)51/h2,4,6,8-10,12-16,18-27,29-30,32-34,36-37,57H,1,3,5,7,11,17,28,31,35H2. The topological polar surface area (TPSA) is 29.6 Å². The molecular formula is C59H47N3. The molecule has 6 aromatic carbocycles.